The Labute approximate surface area is 128 Å². The minimum atomic E-state index is -3.67. The van der Waals surface area contributed by atoms with Crippen LogP contribution in [-0.2, 0) is 10.0 Å². The zero-order valence-electron chi connectivity index (χ0n) is 11.9. The SMILES string of the molecule is C[C@H](CNS(=O)(=O)c1ccc(N)cc1)c1ccc(F)c(F)c1. The fourth-order valence-corrected chi connectivity index (χ4v) is 3.03. The molecule has 118 valence electrons. The van der Waals surface area contributed by atoms with Crippen LogP contribution in [0.3, 0.4) is 0 Å². The van der Waals surface area contributed by atoms with Gasteiger partial charge in [-0.05, 0) is 47.9 Å². The van der Waals surface area contributed by atoms with Crippen LogP contribution >= 0.6 is 0 Å². The summed E-state index contributed by atoms with van der Waals surface area (Å²) < 4.78 is 52.8. The van der Waals surface area contributed by atoms with Gasteiger partial charge in [0, 0.05) is 12.2 Å². The molecule has 0 saturated carbocycles. The molecular weight excluding hydrogens is 310 g/mol. The number of hydrogen-bond donors (Lipinski definition) is 2. The van der Waals surface area contributed by atoms with Crippen molar-refractivity contribution in [2.24, 2.45) is 0 Å². The largest absolute Gasteiger partial charge is 0.399 e. The summed E-state index contributed by atoms with van der Waals surface area (Å²) in [7, 11) is -3.67. The highest BCUT2D eigenvalue weighted by atomic mass is 32.2. The Morgan fingerprint density at radius 3 is 2.32 bits per heavy atom. The number of nitrogens with one attached hydrogen (secondary N) is 1. The van der Waals surface area contributed by atoms with Crippen molar-refractivity contribution in [3.63, 3.8) is 0 Å². The minimum Gasteiger partial charge on any atom is -0.399 e. The van der Waals surface area contributed by atoms with Gasteiger partial charge in [-0.2, -0.15) is 0 Å². The normalized spacial score (nSPS) is 13.0. The molecule has 0 amide bonds. The molecule has 2 aromatic rings. The second kappa shape index (κ2) is 6.41. The Kier molecular flexibility index (Phi) is 4.77. The third-order valence-electron chi connectivity index (χ3n) is 3.28. The zero-order valence-corrected chi connectivity index (χ0v) is 12.7. The van der Waals surface area contributed by atoms with Crippen molar-refractivity contribution < 1.29 is 17.2 Å². The lowest BCUT2D eigenvalue weighted by Crippen LogP contribution is -2.27. The molecule has 0 bridgehead atoms. The standard InChI is InChI=1S/C15H16F2N2O2S/c1-10(11-2-7-14(16)15(17)8-11)9-19-22(20,21)13-5-3-12(18)4-6-13/h2-8,10,19H,9,18H2,1H3/t10-/m1/s1. The summed E-state index contributed by atoms with van der Waals surface area (Å²) in [5, 5.41) is 0. The number of nitrogen functional groups attached to an aromatic ring is 1. The van der Waals surface area contributed by atoms with Crippen molar-refractivity contribution in [3.05, 3.63) is 59.7 Å². The van der Waals surface area contributed by atoms with Gasteiger partial charge in [-0.3, -0.25) is 0 Å². The first-order valence-corrected chi connectivity index (χ1v) is 8.08. The van der Waals surface area contributed by atoms with Crippen molar-refractivity contribution in [1.29, 1.82) is 0 Å². The lowest BCUT2D eigenvalue weighted by atomic mass is 10.0. The van der Waals surface area contributed by atoms with Gasteiger partial charge in [-0.1, -0.05) is 13.0 Å². The molecule has 2 rings (SSSR count). The molecule has 22 heavy (non-hydrogen) atoms. The summed E-state index contributed by atoms with van der Waals surface area (Å²) in [6.07, 6.45) is 0. The van der Waals surface area contributed by atoms with Gasteiger partial charge >= 0.3 is 0 Å². The van der Waals surface area contributed by atoms with E-state index >= 15 is 0 Å². The molecule has 0 aromatic heterocycles. The minimum absolute atomic E-state index is 0.0672. The highest BCUT2D eigenvalue weighted by Crippen LogP contribution is 2.18. The average Bonchev–Trinajstić information content (AvgIpc) is 2.48. The van der Waals surface area contributed by atoms with E-state index in [1.807, 2.05) is 0 Å². The van der Waals surface area contributed by atoms with Crippen molar-refractivity contribution in [2.75, 3.05) is 12.3 Å². The molecule has 3 N–H and O–H groups in total. The summed E-state index contributed by atoms with van der Waals surface area (Å²) in [6.45, 7) is 1.79. The van der Waals surface area contributed by atoms with E-state index in [1.165, 1.54) is 30.3 Å². The van der Waals surface area contributed by atoms with Crippen LogP contribution in [0.4, 0.5) is 14.5 Å². The first-order valence-electron chi connectivity index (χ1n) is 6.60. The molecule has 0 saturated heterocycles. The maximum Gasteiger partial charge on any atom is 0.240 e. The monoisotopic (exact) mass is 326 g/mol. The van der Waals surface area contributed by atoms with Crippen LogP contribution in [0.2, 0.25) is 0 Å². The molecule has 0 unspecified atom stereocenters. The second-order valence-corrected chi connectivity index (χ2v) is 6.76. The van der Waals surface area contributed by atoms with Gasteiger partial charge in [0.15, 0.2) is 11.6 Å². The third-order valence-corrected chi connectivity index (χ3v) is 4.72. The molecule has 0 aliphatic carbocycles. The maximum absolute atomic E-state index is 13.2. The van der Waals surface area contributed by atoms with Crippen LogP contribution in [0.25, 0.3) is 0 Å². The van der Waals surface area contributed by atoms with E-state index in [0.29, 0.717) is 11.3 Å². The van der Waals surface area contributed by atoms with Crippen molar-refractivity contribution in [1.82, 2.24) is 4.72 Å². The van der Waals surface area contributed by atoms with Gasteiger partial charge in [-0.25, -0.2) is 21.9 Å². The summed E-state index contributed by atoms with van der Waals surface area (Å²) in [5.74, 6) is -2.19. The molecule has 0 aliphatic rings. The first-order chi connectivity index (χ1) is 10.3. The van der Waals surface area contributed by atoms with Crippen molar-refractivity contribution in [2.45, 2.75) is 17.7 Å². The first kappa shape index (κ1) is 16.4. The number of nitrogens with two attached hydrogens (primary N) is 1. The number of rotatable bonds is 5. The van der Waals surface area contributed by atoms with E-state index in [2.05, 4.69) is 4.72 Å². The number of anilines is 1. The molecule has 0 spiro atoms. The predicted molar refractivity (Wildman–Crippen MR) is 80.8 cm³/mol. The Balaban J connectivity index is 2.07. The number of hydrogen-bond acceptors (Lipinski definition) is 3. The molecule has 0 heterocycles. The predicted octanol–water partition coefficient (Wildman–Crippen LogP) is 2.63. The van der Waals surface area contributed by atoms with Gasteiger partial charge in [0.25, 0.3) is 0 Å². The van der Waals surface area contributed by atoms with Crippen LogP contribution in [-0.4, -0.2) is 15.0 Å². The molecule has 0 radical (unpaired) electrons. The second-order valence-electron chi connectivity index (χ2n) is 5.00. The van der Waals surface area contributed by atoms with Crippen molar-refractivity contribution in [3.8, 4) is 0 Å². The number of benzene rings is 2. The molecular formula is C15H16F2N2O2S. The highest BCUT2D eigenvalue weighted by Gasteiger charge is 2.16. The topological polar surface area (TPSA) is 72.2 Å². The molecule has 0 fully saturated rings. The molecule has 4 nitrogen and oxygen atoms in total. The summed E-state index contributed by atoms with van der Waals surface area (Å²) >= 11 is 0. The molecule has 7 heteroatoms. The summed E-state index contributed by atoms with van der Waals surface area (Å²) in [5.41, 5.74) is 6.49. The Morgan fingerprint density at radius 1 is 1.09 bits per heavy atom. The van der Waals surface area contributed by atoms with E-state index in [4.69, 9.17) is 5.73 Å². The van der Waals surface area contributed by atoms with Gasteiger partial charge in [0.1, 0.15) is 0 Å². The van der Waals surface area contributed by atoms with Crippen LogP contribution in [0.15, 0.2) is 47.4 Å². The van der Waals surface area contributed by atoms with E-state index in [-0.39, 0.29) is 17.4 Å². The van der Waals surface area contributed by atoms with E-state index in [9.17, 15) is 17.2 Å². The molecule has 0 aliphatic heterocycles. The van der Waals surface area contributed by atoms with Gasteiger partial charge in [-0.15, -0.1) is 0 Å². The Bertz CT molecular complexity index is 762. The fraction of sp³-hybridized carbons (Fsp3) is 0.200. The van der Waals surface area contributed by atoms with E-state index < -0.39 is 21.7 Å². The highest BCUT2D eigenvalue weighted by molar-refractivity contribution is 7.89. The molecule has 1 atom stereocenters. The fourth-order valence-electron chi connectivity index (χ4n) is 1.90. The quantitative estimate of drug-likeness (QED) is 0.830. The van der Waals surface area contributed by atoms with E-state index in [1.54, 1.807) is 6.92 Å². The van der Waals surface area contributed by atoms with Crippen molar-refractivity contribution >= 4 is 15.7 Å². The lowest BCUT2D eigenvalue weighted by molar-refractivity contribution is 0.505. The van der Waals surface area contributed by atoms with Crippen LogP contribution in [0.1, 0.15) is 18.4 Å². The van der Waals surface area contributed by atoms with Gasteiger partial charge in [0.05, 0.1) is 4.90 Å². The average molecular weight is 326 g/mol. The zero-order chi connectivity index (χ0) is 16.3. The van der Waals surface area contributed by atoms with Crippen LogP contribution < -0.4 is 10.5 Å². The smallest absolute Gasteiger partial charge is 0.240 e. The summed E-state index contributed by atoms with van der Waals surface area (Å²) in [6, 6.07) is 9.31. The summed E-state index contributed by atoms with van der Waals surface area (Å²) in [4.78, 5) is 0.0965. The van der Waals surface area contributed by atoms with Crippen LogP contribution in [0.5, 0.6) is 0 Å². The molecule has 2 aromatic carbocycles. The van der Waals surface area contributed by atoms with E-state index in [0.717, 1.165) is 12.1 Å². The number of halogens is 2. The Hall–Kier alpha value is -1.99. The van der Waals surface area contributed by atoms with Gasteiger partial charge < -0.3 is 5.73 Å². The number of sulfonamides is 1. The van der Waals surface area contributed by atoms with Gasteiger partial charge in [0.2, 0.25) is 10.0 Å². The lowest BCUT2D eigenvalue weighted by Gasteiger charge is -2.14. The third kappa shape index (κ3) is 3.80. The maximum atomic E-state index is 13.2. The Morgan fingerprint density at radius 2 is 1.73 bits per heavy atom. The van der Waals surface area contributed by atoms with Crippen LogP contribution in [0, 0.1) is 11.6 Å².